The summed E-state index contributed by atoms with van der Waals surface area (Å²) in [5, 5.41) is 0. The smallest absolute Gasteiger partial charge is 0.0357 e. The van der Waals surface area contributed by atoms with E-state index in [1.54, 1.807) is 0 Å². The maximum Gasteiger partial charge on any atom is -0.0357 e. The first-order chi connectivity index (χ1) is 6.93. The second-order valence-corrected chi connectivity index (χ2v) is 4.81. The Morgan fingerprint density at radius 1 is 0.786 bits per heavy atom. The summed E-state index contributed by atoms with van der Waals surface area (Å²) in [6, 6.07) is 0. The molecule has 0 N–H and O–H groups in total. The lowest BCUT2D eigenvalue weighted by molar-refractivity contribution is 0.454. The average Bonchev–Trinajstić information content (AvgIpc) is 2.24. The zero-order valence-electron chi connectivity index (χ0n) is 9.93. The second-order valence-electron chi connectivity index (χ2n) is 4.81. The largest absolute Gasteiger partial charge is 0.0651 e. The molecule has 1 aliphatic rings. The van der Waals surface area contributed by atoms with Crippen LogP contribution in [0.2, 0.25) is 0 Å². The summed E-state index contributed by atoms with van der Waals surface area (Å²) >= 11 is 0. The third kappa shape index (κ3) is 5.67. The molecule has 0 saturated heterocycles. The van der Waals surface area contributed by atoms with Crippen molar-refractivity contribution in [2.75, 3.05) is 0 Å². The van der Waals surface area contributed by atoms with Gasteiger partial charge in [0.25, 0.3) is 0 Å². The molecule has 1 radical (unpaired) electrons. The Kier molecular flexibility index (Phi) is 7.17. The van der Waals surface area contributed by atoms with Crippen LogP contribution in [0.5, 0.6) is 0 Å². The minimum absolute atomic E-state index is 0.943. The minimum atomic E-state index is 0.943. The molecule has 1 rings (SSSR count). The first-order valence-corrected chi connectivity index (χ1v) is 6.77. The predicted molar refractivity (Wildman–Crippen MR) is 64.3 cm³/mol. The Bertz CT molecular complexity index is 105. The summed E-state index contributed by atoms with van der Waals surface area (Å²) in [5.74, 6) is 0.943. The zero-order chi connectivity index (χ0) is 10.1. The quantitative estimate of drug-likeness (QED) is 0.573. The van der Waals surface area contributed by atoms with Gasteiger partial charge in [-0.1, -0.05) is 77.6 Å². The van der Waals surface area contributed by atoms with Crippen molar-refractivity contribution in [3.8, 4) is 0 Å². The van der Waals surface area contributed by atoms with Crippen LogP contribution in [-0.4, -0.2) is 0 Å². The normalized spacial score (nSPS) is 22.9. The molecule has 0 heteroatoms. The van der Waals surface area contributed by atoms with Crippen LogP contribution in [0, 0.1) is 12.3 Å². The van der Waals surface area contributed by atoms with Gasteiger partial charge < -0.3 is 0 Å². The van der Waals surface area contributed by atoms with E-state index in [0.717, 1.165) is 5.92 Å². The van der Waals surface area contributed by atoms with Crippen LogP contribution in [0.15, 0.2) is 0 Å². The van der Waals surface area contributed by atoms with E-state index >= 15 is 0 Å². The summed E-state index contributed by atoms with van der Waals surface area (Å²) in [7, 11) is 0. The molecule has 14 heavy (non-hydrogen) atoms. The standard InChI is InChI=1S/C14H27/c1-2-11-14-12-9-7-5-3-4-6-8-10-13-14/h11,14H,2-10,12-13H2,1H3. The van der Waals surface area contributed by atoms with Crippen molar-refractivity contribution in [2.45, 2.75) is 77.6 Å². The highest BCUT2D eigenvalue weighted by molar-refractivity contribution is 4.75. The molecule has 0 spiro atoms. The molecule has 0 unspecified atom stereocenters. The molecule has 83 valence electrons. The fourth-order valence-electron chi connectivity index (χ4n) is 2.59. The Morgan fingerprint density at radius 2 is 1.21 bits per heavy atom. The van der Waals surface area contributed by atoms with Gasteiger partial charge in [-0.3, -0.25) is 0 Å². The summed E-state index contributed by atoms with van der Waals surface area (Å²) < 4.78 is 0. The first kappa shape index (κ1) is 12.1. The molecule has 0 heterocycles. The monoisotopic (exact) mass is 195 g/mol. The van der Waals surface area contributed by atoms with E-state index in [-0.39, 0.29) is 0 Å². The Hall–Kier alpha value is 0. The van der Waals surface area contributed by atoms with Crippen molar-refractivity contribution in [1.82, 2.24) is 0 Å². The molecule has 0 aromatic heterocycles. The predicted octanol–water partition coefficient (Wildman–Crippen LogP) is 5.13. The lowest BCUT2D eigenvalue weighted by atomic mass is 9.91. The van der Waals surface area contributed by atoms with Gasteiger partial charge in [0, 0.05) is 0 Å². The lowest BCUT2D eigenvalue weighted by Gasteiger charge is -2.14. The van der Waals surface area contributed by atoms with Crippen molar-refractivity contribution in [2.24, 2.45) is 5.92 Å². The zero-order valence-corrected chi connectivity index (χ0v) is 9.93. The van der Waals surface area contributed by atoms with Gasteiger partial charge in [0.1, 0.15) is 0 Å². The summed E-state index contributed by atoms with van der Waals surface area (Å²) in [5.41, 5.74) is 0. The van der Waals surface area contributed by atoms with Gasteiger partial charge in [-0.05, 0) is 12.3 Å². The molecule has 1 fully saturated rings. The van der Waals surface area contributed by atoms with Gasteiger partial charge in [-0.15, -0.1) is 0 Å². The fraction of sp³-hybridized carbons (Fsp3) is 0.929. The highest BCUT2D eigenvalue weighted by atomic mass is 14.1. The van der Waals surface area contributed by atoms with E-state index in [0.29, 0.717) is 0 Å². The SMILES string of the molecule is CC[CH]C1CCCCCCCCCC1. The van der Waals surface area contributed by atoms with E-state index in [1.807, 2.05) is 0 Å². The molecule has 0 aliphatic heterocycles. The molecule has 0 bridgehead atoms. The molecule has 1 saturated carbocycles. The maximum absolute atomic E-state index is 2.55. The third-order valence-corrected chi connectivity index (χ3v) is 3.47. The summed E-state index contributed by atoms with van der Waals surface area (Å²) in [4.78, 5) is 0. The van der Waals surface area contributed by atoms with Crippen LogP contribution in [0.25, 0.3) is 0 Å². The minimum Gasteiger partial charge on any atom is -0.0651 e. The van der Waals surface area contributed by atoms with Crippen LogP contribution in [0.1, 0.15) is 77.6 Å². The van der Waals surface area contributed by atoms with Crippen molar-refractivity contribution >= 4 is 0 Å². The molecule has 0 aromatic rings. The van der Waals surface area contributed by atoms with Crippen molar-refractivity contribution < 1.29 is 0 Å². The third-order valence-electron chi connectivity index (χ3n) is 3.47. The fourth-order valence-corrected chi connectivity index (χ4v) is 2.59. The van der Waals surface area contributed by atoms with E-state index in [2.05, 4.69) is 13.3 Å². The molecular weight excluding hydrogens is 168 g/mol. The Labute approximate surface area is 90.5 Å². The van der Waals surface area contributed by atoms with Crippen LogP contribution in [-0.2, 0) is 0 Å². The van der Waals surface area contributed by atoms with Crippen molar-refractivity contribution in [3.63, 3.8) is 0 Å². The Balaban J connectivity index is 2.20. The van der Waals surface area contributed by atoms with Gasteiger partial charge >= 0.3 is 0 Å². The topological polar surface area (TPSA) is 0 Å². The van der Waals surface area contributed by atoms with Crippen LogP contribution >= 0.6 is 0 Å². The van der Waals surface area contributed by atoms with E-state index in [1.165, 1.54) is 70.6 Å². The highest BCUT2D eigenvalue weighted by Crippen LogP contribution is 2.23. The summed E-state index contributed by atoms with van der Waals surface area (Å²) in [6.45, 7) is 2.28. The van der Waals surface area contributed by atoms with Crippen molar-refractivity contribution in [3.05, 3.63) is 6.42 Å². The average molecular weight is 195 g/mol. The van der Waals surface area contributed by atoms with Gasteiger partial charge in [0.05, 0.1) is 0 Å². The molecule has 0 atom stereocenters. The van der Waals surface area contributed by atoms with E-state index in [4.69, 9.17) is 0 Å². The Morgan fingerprint density at radius 3 is 1.64 bits per heavy atom. The molecule has 0 nitrogen and oxygen atoms in total. The maximum atomic E-state index is 2.55. The van der Waals surface area contributed by atoms with Crippen LogP contribution in [0.3, 0.4) is 0 Å². The van der Waals surface area contributed by atoms with Gasteiger partial charge in [-0.25, -0.2) is 0 Å². The van der Waals surface area contributed by atoms with Crippen LogP contribution < -0.4 is 0 Å². The van der Waals surface area contributed by atoms with Crippen LogP contribution in [0.4, 0.5) is 0 Å². The van der Waals surface area contributed by atoms with E-state index in [9.17, 15) is 0 Å². The number of rotatable bonds is 2. The van der Waals surface area contributed by atoms with Gasteiger partial charge in [-0.2, -0.15) is 0 Å². The number of hydrogen-bond acceptors (Lipinski definition) is 0. The summed E-state index contributed by atoms with van der Waals surface area (Å²) in [6.07, 6.45) is 18.6. The highest BCUT2D eigenvalue weighted by Gasteiger charge is 2.08. The molecule has 0 amide bonds. The van der Waals surface area contributed by atoms with Crippen molar-refractivity contribution in [1.29, 1.82) is 0 Å². The second kappa shape index (κ2) is 8.32. The van der Waals surface area contributed by atoms with Gasteiger partial charge in [0.15, 0.2) is 0 Å². The molecular formula is C14H27. The first-order valence-electron chi connectivity index (χ1n) is 6.77. The number of hydrogen-bond donors (Lipinski definition) is 0. The molecule has 0 aromatic carbocycles. The lowest BCUT2D eigenvalue weighted by Crippen LogP contribution is -2.01. The molecule has 1 aliphatic carbocycles. The van der Waals surface area contributed by atoms with Gasteiger partial charge in [0.2, 0.25) is 0 Å². The van der Waals surface area contributed by atoms with E-state index < -0.39 is 0 Å².